The van der Waals surface area contributed by atoms with Gasteiger partial charge in [-0.05, 0) is 39.0 Å². The average molecular weight is 498 g/mol. The Bertz CT molecular complexity index is 1050. The SMILES string of the molecule is CCOc1ccc(N=NC(C(C)=O)C(=O)Nc2cc(Cl)cc(OC)c2OC)c(OCC)c1Cl. The number of nitrogens with one attached hydrogen (secondary N) is 1. The number of hydrogen-bond donors (Lipinski definition) is 1. The number of rotatable bonds is 11. The first kappa shape index (κ1) is 26.2. The minimum absolute atomic E-state index is 0.215. The van der Waals surface area contributed by atoms with Crippen LogP contribution in [0.25, 0.3) is 0 Å². The molecule has 11 heteroatoms. The van der Waals surface area contributed by atoms with E-state index in [1.165, 1.54) is 33.3 Å². The number of azo groups is 1. The monoisotopic (exact) mass is 497 g/mol. The van der Waals surface area contributed by atoms with Crippen LogP contribution in [0.5, 0.6) is 23.0 Å². The molecule has 1 amide bonds. The van der Waals surface area contributed by atoms with Gasteiger partial charge in [0, 0.05) is 11.1 Å². The van der Waals surface area contributed by atoms with Crippen molar-refractivity contribution in [1.29, 1.82) is 0 Å². The van der Waals surface area contributed by atoms with Crippen LogP contribution in [-0.2, 0) is 9.59 Å². The minimum atomic E-state index is -1.44. The number of ether oxygens (including phenoxy) is 4. The lowest BCUT2D eigenvalue weighted by Gasteiger charge is -2.16. The predicted octanol–water partition coefficient (Wildman–Crippen LogP) is 5.49. The Hall–Kier alpha value is -3.04. The Morgan fingerprint density at radius 3 is 2.27 bits per heavy atom. The number of halogens is 2. The lowest BCUT2D eigenvalue weighted by Crippen LogP contribution is -2.32. The average Bonchev–Trinajstić information content (AvgIpc) is 2.77. The van der Waals surface area contributed by atoms with Crippen LogP contribution >= 0.6 is 23.2 Å². The zero-order chi connectivity index (χ0) is 24.5. The van der Waals surface area contributed by atoms with Crippen molar-refractivity contribution >= 4 is 46.3 Å². The van der Waals surface area contributed by atoms with Gasteiger partial charge in [-0.25, -0.2) is 0 Å². The molecule has 9 nitrogen and oxygen atoms in total. The lowest BCUT2D eigenvalue weighted by atomic mass is 10.2. The van der Waals surface area contributed by atoms with Crippen LogP contribution in [-0.4, -0.2) is 45.2 Å². The fourth-order valence-corrected chi connectivity index (χ4v) is 3.30. The summed E-state index contributed by atoms with van der Waals surface area (Å²) in [5, 5.41) is 11.1. The van der Waals surface area contributed by atoms with E-state index in [4.69, 9.17) is 42.1 Å². The molecule has 0 spiro atoms. The van der Waals surface area contributed by atoms with E-state index < -0.39 is 17.7 Å². The topological polar surface area (TPSA) is 108 Å². The van der Waals surface area contributed by atoms with Crippen LogP contribution in [0.2, 0.25) is 10.0 Å². The molecule has 0 aliphatic carbocycles. The van der Waals surface area contributed by atoms with Gasteiger partial charge in [0.15, 0.2) is 23.0 Å². The number of anilines is 1. The molecule has 1 atom stereocenters. The zero-order valence-corrected chi connectivity index (χ0v) is 20.4. The first-order valence-corrected chi connectivity index (χ1v) is 10.7. The number of amides is 1. The van der Waals surface area contributed by atoms with Gasteiger partial charge < -0.3 is 24.3 Å². The maximum atomic E-state index is 12.9. The van der Waals surface area contributed by atoms with Gasteiger partial charge in [0.2, 0.25) is 6.04 Å². The largest absolute Gasteiger partial charge is 0.493 e. The van der Waals surface area contributed by atoms with E-state index in [1.807, 2.05) is 6.92 Å². The van der Waals surface area contributed by atoms with Crippen LogP contribution in [0.1, 0.15) is 20.8 Å². The van der Waals surface area contributed by atoms with E-state index in [9.17, 15) is 9.59 Å². The third-order valence-corrected chi connectivity index (χ3v) is 4.82. The van der Waals surface area contributed by atoms with Gasteiger partial charge in [0.05, 0.1) is 33.1 Å². The van der Waals surface area contributed by atoms with Gasteiger partial charge in [0.1, 0.15) is 16.5 Å². The van der Waals surface area contributed by atoms with Crippen molar-refractivity contribution < 1.29 is 28.5 Å². The number of Topliss-reactive ketones (excluding diaryl/α,β-unsaturated/α-hetero) is 1. The van der Waals surface area contributed by atoms with Crippen LogP contribution < -0.4 is 24.3 Å². The molecular weight excluding hydrogens is 473 g/mol. The Kier molecular flexibility index (Phi) is 9.74. The molecule has 0 saturated heterocycles. The molecule has 0 heterocycles. The van der Waals surface area contributed by atoms with E-state index in [2.05, 4.69) is 15.5 Å². The highest BCUT2D eigenvalue weighted by molar-refractivity contribution is 6.34. The maximum Gasteiger partial charge on any atom is 0.258 e. The fraction of sp³-hybridized carbons (Fsp3) is 0.364. The highest BCUT2D eigenvalue weighted by Gasteiger charge is 2.26. The molecule has 0 saturated carbocycles. The fourth-order valence-electron chi connectivity index (χ4n) is 2.82. The molecule has 0 aromatic heterocycles. The smallest absolute Gasteiger partial charge is 0.258 e. The number of carbonyl (C=O) groups excluding carboxylic acids is 2. The van der Waals surface area contributed by atoms with Gasteiger partial charge in [-0.3, -0.25) is 9.59 Å². The third-order valence-electron chi connectivity index (χ3n) is 4.25. The van der Waals surface area contributed by atoms with Gasteiger partial charge in [-0.15, -0.1) is 0 Å². The summed E-state index contributed by atoms with van der Waals surface area (Å²) in [6.07, 6.45) is 0. The van der Waals surface area contributed by atoms with E-state index in [0.29, 0.717) is 29.7 Å². The van der Waals surface area contributed by atoms with Crippen LogP contribution in [0.3, 0.4) is 0 Å². The molecule has 2 aromatic carbocycles. The summed E-state index contributed by atoms with van der Waals surface area (Å²) in [5.74, 6) is -0.0524. The van der Waals surface area contributed by atoms with Gasteiger partial charge >= 0.3 is 0 Å². The maximum absolute atomic E-state index is 12.9. The second-order valence-electron chi connectivity index (χ2n) is 6.50. The van der Waals surface area contributed by atoms with Crippen molar-refractivity contribution in [3.63, 3.8) is 0 Å². The van der Waals surface area contributed by atoms with Crippen molar-refractivity contribution in [2.24, 2.45) is 10.2 Å². The summed E-state index contributed by atoms with van der Waals surface area (Å²) in [5.41, 5.74) is 0.457. The van der Waals surface area contributed by atoms with Crippen molar-refractivity contribution in [2.45, 2.75) is 26.8 Å². The molecule has 2 rings (SSSR count). The van der Waals surface area contributed by atoms with Crippen LogP contribution in [0.4, 0.5) is 11.4 Å². The Morgan fingerprint density at radius 2 is 1.70 bits per heavy atom. The Labute approximate surface area is 202 Å². The standard InChI is InChI=1S/C22H25Cl2N3O6/c1-6-32-16-9-8-14(21(18(16)24)33-7-2)26-27-19(12(3)28)22(29)25-15-10-13(23)11-17(30-4)20(15)31-5/h8-11,19H,6-7H2,1-5H3,(H,25,29). The molecule has 0 aliphatic rings. The van der Waals surface area contributed by atoms with Crippen LogP contribution in [0, 0.1) is 0 Å². The number of carbonyl (C=O) groups is 2. The number of ketones is 1. The number of hydrogen-bond acceptors (Lipinski definition) is 8. The molecule has 0 aliphatic heterocycles. The van der Waals surface area contributed by atoms with Crippen molar-refractivity contribution in [2.75, 3.05) is 32.8 Å². The Balaban J connectivity index is 2.37. The second-order valence-corrected chi connectivity index (χ2v) is 7.31. The molecule has 1 unspecified atom stereocenters. The highest BCUT2D eigenvalue weighted by Crippen LogP contribution is 2.42. The summed E-state index contributed by atoms with van der Waals surface area (Å²) in [7, 11) is 2.85. The third kappa shape index (κ3) is 6.49. The molecule has 33 heavy (non-hydrogen) atoms. The van der Waals surface area contributed by atoms with Crippen LogP contribution in [0.15, 0.2) is 34.5 Å². The summed E-state index contributed by atoms with van der Waals surface area (Å²) < 4.78 is 21.6. The zero-order valence-electron chi connectivity index (χ0n) is 18.9. The van der Waals surface area contributed by atoms with Crippen molar-refractivity contribution in [3.8, 4) is 23.0 Å². The molecule has 2 aromatic rings. The van der Waals surface area contributed by atoms with E-state index in [-0.39, 0.29) is 27.9 Å². The molecule has 0 bridgehead atoms. The lowest BCUT2D eigenvalue weighted by molar-refractivity contribution is -0.126. The Morgan fingerprint density at radius 1 is 1.00 bits per heavy atom. The molecule has 0 fully saturated rings. The van der Waals surface area contributed by atoms with Gasteiger partial charge in [0.25, 0.3) is 5.91 Å². The summed E-state index contributed by atoms with van der Waals surface area (Å²) >= 11 is 12.4. The number of methoxy groups -OCH3 is 2. The summed E-state index contributed by atoms with van der Waals surface area (Å²) in [6, 6.07) is 4.73. The second kappa shape index (κ2) is 12.3. The van der Waals surface area contributed by atoms with E-state index >= 15 is 0 Å². The minimum Gasteiger partial charge on any atom is -0.493 e. The summed E-state index contributed by atoms with van der Waals surface area (Å²) in [6.45, 7) is 5.56. The molecule has 1 N–H and O–H groups in total. The number of benzene rings is 2. The van der Waals surface area contributed by atoms with E-state index in [1.54, 1.807) is 19.1 Å². The van der Waals surface area contributed by atoms with Gasteiger partial charge in [-0.2, -0.15) is 10.2 Å². The molecular formula is C22H25Cl2N3O6. The molecule has 178 valence electrons. The summed E-state index contributed by atoms with van der Waals surface area (Å²) in [4.78, 5) is 25.1. The van der Waals surface area contributed by atoms with Crippen molar-refractivity contribution in [1.82, 2.24) is 0 Å². The molecule has 0 radical (unpaired) electrons. The number of nitrogens with zero attached hydrogens (tertiary/aromatic N) is 2. The first-order valence-electron chi connectivity index (χ1n) is 9.99. The quantitative estimate of drug-likeness (QED) is 0.324. The first-order chi connectivity index (χ1) is 15.8. The highest BCUT2D eigenvalue weighted by atomic mass is 35.5. The van der Waals surface area contributed by atoms with Crippen molar-refractivity contribution in [3.05, 3.63) is 34.3 Å². The normalized spacial score (nSPS) is 11.7. The van der Waals surface area contributed by atoms with E-state index in [0.717, 1.165) is 0 Å². The predicted molar refractivity (Wildman–Crippen MR) is 126 cm³/mol. The van der Waals surface area contributed by atoms with Gasteiger partial charge in [-0.1, -0.05) is 23.2 Å².